The lowest BCUT2D eigenvalue weighted by atomic mass is 9.89. The van der Waals surface area contributed by atoms with Crippen LogP contribution in [-0.2, 0) is 19.2 Å². The van der Waals surface area contributed by atoms with E-state index < -0.39 is 72.1 Å². The second kappa shape index (κ2) is 15.7. The second-order valence-corrected chi connectivity index (χ2v) is 10.5. The van der Waals surface area contributed by atoms with E-state index in [1.54, 1.807) is 0 Å². The Morgan fingerprint density at radius 1 is 0.556 bits per heavy atom. The molecule has 0 saturated heterocycles. The van der Waals surface area contributed by atoms with Crippen molar-refractivity contribution in [3.63, 3.8) is 0 Å². The fraction of sp³-hybridized carbons (Fsp3) is 0.833. The van der Waals surface area contributed by atoms with Gasteiger partial charge in [-0.15, -0.1) is 0 Å². The summed E-state index contributed by atoms with van der Waals surface area (Å²) in [5.74, 6) is -1.97. The van der Waals surface area contributed by atoms with Gasteiger partial charge in [0.15, 0.2) is 0 Å². The molecule has 0 aromatic rings. The molecule has 0 heterocycles. The summed E-state index contributed by atoms with van der Waals surface area (Å²) in [5, 5.41) is 32.5. The van der Waals surface area contributed by atoms with E-state index >= 15 is 0 Å². The van der Waals surface area contributed by atoms with Crippen molar-refractivity contribution < 1.29 is 29.4 Å². The molecule has 0 fully saturated rings. The minimum absolute atomic E-state index is 0.0535. The number of hydrogen-bond donors (Lipinski definition) is 8. The third-order valence-corrected chi connectivity index (χ3v) is 5.61. The van der Waals surface area contributed by atoms with Crippen LogP contribution in [0.1, 0.15) is 68.2 Å². The van der Waals surface area contributed by atoms with Crippen molar-refractivity contribution in [3.8, 4) is 0 Å². The van der Waals surface area contributed by atoms with Crippen molar-refractivity contribution in [3.05, 3.63) is 0 Å². The molecule has 0 aromatic heterocycles. The Balaban J connectivity index is 5.59. The van der Waals surface area contributed by atoms with E-state index in [9.17, 15) is 29.4 Å². The van der Waals surface area contributed by atoms with Gasteiger partial charge in [-0.05, 0) is 52.4 Å². The zero-order valence-electron chi connectivity index (χ0n) is 22.9. The summed E-state index contributed by atoms with van der Waals surface area (Å²) in [4.78, 5) is 49.1. The Kier molecular flexibility index (Phi) is 14.8. The monoisotopic (exact) mass is 516 g/mol. The summed E-state index contributed by atoms with van der Waals surface area (Å²) in [6.07, 6.45) is -2.18. The van der Waals surface area contributed by atoms with Gasteiger partial charge in [0.1, 0.15) is 24.3 Å². The van der Waals surface area contributed by atoms with Gasteiger partial charge in [-0.25, -0.2) is 0 Å². The van der Waals surface area contributed by atoms with Crippen LogP contribution in [0.5, 0.6) is 0 Å². The number of nitrogens with one attached hydrogen (secondary N) is 4. The summed E-state index contributed by atoms with van der Waals surface area (Å²) in [7, 11) is 0. The molecule has 12 nitrogen and oxygen atoms in total. The molecule has 8 atom stereocenters. The molecule has 0 aliphatic rings. The van der Waals surface area contributed by atoms with Crippen LogP contribution >= 0.6 is 0 Å². The summed E-state index contributed by atoms with van der Waals surface area (Å²) in [5.41, 5.74) is 11.1. The Labute approximate surface area is 214 Å². The van der Waals surface area contributed by atoms with Crippen molar-refractivity contribution >= 4 is 23.6 Å². The Morgan fingerprint density at radius 2 is 0.833 bits per heavy atom. The molecule has 0 rings (SSSR count). The predicted molar refractivity (Wildman–Crippen MR) is 137 cm³/mol. The molecule has 0 aromatic carbocycles. The van der Waals surface area contributed by atoms with Crippen molar-refractivity contribution in [1.82, 2.24) is 21.3 Å². The van der Waals surface area contributed by atoms with E-state index in [0.29, 0.717) is 12.8 Å². The molecule has 0 aliphatic carbocycles. The maximum absolute atomic E-state index is 12.7. The Bertz CT molecular complexity index is 670. The lowest BCUT2D eigenvalue weighted by Gasteiger charge is -2.35. The first kappa shape index (κ1) is 33.7. The number of hydrogen-bond acceptors (Lipinski definition) is 8. The highest BCUT2D eigenvalue weighted by Crippen LogP contribution is 2.17. The molecule has 0 aliphatic heterocycles. The van der Waals surface area contributed by atoms with Crippen LogP contribution in [0.4, 0.5) is 0 Å². The number of aliphatic hydroxyl groups is 2. The predicted octanol–water partition coefficient (Wildman–Crippen LogP) is -1.53. The summed E-state index contributed by atoms with van der Waals surface area (Å²) in [6, 6.07) is -5.13. The minimum atomic E-state index is -1.43. The Hall–Kier alpha value is -2.28. The SMILES string of the molecule is CC(C)CC(NC(=O)C(C)NC(=O)C(C)N)C(O)C(O)C(CC(C)C)NC(=O)C(C)NC(=O)C(C)N. The van der Waals surface area contributed by atoms with Crippen LogP contribution in [0.3, 0.4) is 0 Å². The average molecular weight is 517 g/mol. The molecule has 10 N–H and O–H groups in total. The van der Waals surface area contributed by atoms with E-state index in [2.05, 4.69) is 21.3 Å². The number of rotatable bonds is 15. The van der Waals surface area contributed by atoms with Gasteiger partial charge in [-0.3, -0.25) is 19.2 Å². The normalized spacial score (nSPS) is 18.3. The van der Waals surface area contributed by atoms with Gasteiger partial charge in [-0.2, -0.15) is 0 Å². The fourth-order valence-corrected chi connectivity index (χ4v) is 3.50. The topological polar surface area (TPSA) is 209 Å². The lowest BCUT2D eigenvalue weighted by molar-refractivity contribution is -0.132. The number of nitrogens with two attached hydrogens (primary N) is 2. The minimum Gasteiger partial charge on any atom is -0.388 e. The van der Waals surface area contributed by atoms with E-state index in [-0.39, 0.29) is 11.8 Å². The molecule has 12 heteroatoms. The van der Waals surface area contributed by atoms with Crippen molar-refractivity contribution in [1.29, 1.82) is 0 Å². The third-order valence-electron chi connectivity index (χ3n) is 5.61. The third kappa shape index (κ3) is 12.1. The van der Waals surface area contributed by atoms with E-state index in [0.717, 1.165) is 0 Å². The number of carbonyl (C=O) groups is 4. The smallest absolute Gasteiger partial charge is 0.242 e. The molecule has 0 radical (unpaired) electrons. The van der Waals surface area contributed by atoms with Crippen molar-refractivity contribution in [2.24, 2.45) is 23.3 Å². The molecule has 8 unspecified atom stereocenters. The van der Waals surface area contributed by atoms with Crippen LogP contribution in [0.25, 0.3) is 0 Å². The van der Waals surface area contributed by atoms with Gasteiger partial charge in [0.25, 0.3) is 0 Å². The maximum Gasteiger partial charge on any atom is 0.242 e. The van der Waals surface area contributed by atoms with Crippen LogP contribution < -0.4 is 32.7 Å². The molecular formula is C24H48N6O6. The van der Waals surface area contributed by atoms with Crippen LogP contribution in [0, 0.1) is 11.8 Å². The van der Waals surface area contributed by atoms with Crippen molar-refractivity contribution in [2.45, 2.75) is 117 Å². The summed E-state index contributed by atoms with van der Waals surface area (Å²) < 4.78 is 0. The highest BCUT2D eigenvalue weighted by Gasteiger charge is 2.36. The van der Waals surface area contributed by atoms with E-state index in [1.807, 2.05) is 27.7 Å². The fourth-order valence-electron chi connectivity index (χ4n) is 3.50. The van der Waals surface area contributed by atoms with E-state index in [1.165, 1.54) is 27.7 Å². The van der Waals surface area contributed by atoms with Crippen LogP contribution in [-0.4, -0.2) is 82.3 Å². The largest absolute Gasteiger partial charge is 0.388 e. The lowest BCUT2D eigenvalue weighted by Crippen LogP contribution is -2.60. The standard InChI is InChI=1S/C24H48N6O6/c1-11(2)9-17(29-23(35)15(7)27-21(33)13(5)25)19(31)20(32)18(10-12(3)4)30-24(36)16(8)28-22(34)14(6)26/h11-20,31-32H,9-10,25-26H2,1-8H3,(H,27,33)(H,28,34)(H,29,35)(H,30,36). The van der Waals surface area contributed by atoms with E-state index in [4.69, 9.17) is 11.5 Å². The first-order chi connectivity index (χ1) is 16.5. The molecule has 36 heavy (non-hydrogen) atoms. The maximum atomic E-state index is 12.7. The second-order valence-electron chi connectivity index (χ2n) is 10.5. The zero-order valence-corrected chi connectivity index (χ0v) is 22.9. The van der Waals surface area contributed by atoms with Gasteiger partial charge in [-0.1, -0.05) is 27.7 Å². The van der Waals surface area contributed by atoms with Gasteiger partial charge in [0.05, 0.1) is 24.2 Å². The molecule has 210 valence electrons. The Morgan fingerprint density at radius 3 is 1.06 bits per heavy atom. The summed E-state index contributed by atoms with van der Waals surface area (Å²) in [6.45, 7) is 13.6. The first-order valence-corrected chi connectivity index (χ1v) is 12.6. The van der Waals surface area contributed by atoms with Crippen LogP contribution in [0.15, 0.2) is 0 Å². The number of carbonyl (C=O) groups excluding carboxylic acids is 4. The zero-order chi connectivity index (χ0) is 28.3. The average Bonchev–Trinajstić information content (AvgIpc) is 2.75. The van der Waals surface area contributed by atoms with Gasteiger partial charge in [0.2, 0.25) is 23.6 Å². The first-order valence-electron chi connectivity index (χ1n) is 12.6. The van der Waals surface area contributed by atoms with Gasteiger partial charge in [0, 0.05) is 0 Å². The number of aliphatic hydroxyl groups excluding tert-OH is 2. The highest BCUT2D eigenvalue weighted by molar-refractivity contribution is 5.90. The number of amides is 4. The van der Waals surface area contributed by atoms with Gasteiger partial charge >= 0.3 is 0 Å². The molecule has 0 saturated carbocycles. The van der Waals surface area contributed by atoms with Gasteiger partial charge < -0.3 is 42.9 Å². The van der Waals surface area contributed by atoms with Crippen molar-refractivity contribution in [2.75, 3.05) is 0 Å². The molecule has 4 amide bonds. The summed E-state index contributed by atoms with van der Waals surface area (Å²) >= 11 is 0. The molecular weight excluding hydrogens is 468 g/mol. The highest BCUT2D eigenvalue weighted by atomic mass is 16.3. The van der Waals surface area contributed by atoms with Crippen LogP contribution in [0.2, 0.25) is 0 Å². The molecule has 0 spiro atoms. The quantitative estimate of drug-likeness (QED) is 0.128. The molecule has 0 bridgehead atoms.